The molecule has 0 bridgehead atoms. The Hall–Kier alpha value is -1.83. The summed E-state index contributed by atoms with van der Waals surface area (Å²) in [7, 11) is 0. The van der Waals surface area contributed by atoms with Crippen LogP contribution in [0.15, 0.2) is 22.8 Å². The fourth-order valence-corrected chi connectivity index (χ4v) is 0.794. The van der Waals surface area contributed by atoms with Crippen LogP contribution in [0.2, 0.25) is 0 Å². The Bertz CT molecular complexity index is 375. The normalized spacial score (nSPS) is 11.2. The zero-order valence-electron chi connectivity index (χ0n) is 7.12. The SMILES string of the molecule is NN(F)C(=O)C(F)(F)C(=O)c1ccco1. The number of ketones is 1. The maximum absolute atomic E-state index is 12.9. The maximum atomic E-state index is 12.9. The molecule has 5 nitrogen and oxygen atoms in total. The first-order chi connectivity index (χ1) is 6.87. The zero-order chi connectivity index (χ0) is 11.6. The Morgan fingerprint density at radius 3 is 2.47 bits per heavy atom. The highest BCUT2D eigenvalue weighted by molar-refractivity contribution is 6.13. The molecule has 2 N–H and O–H groups in total. The molecule has 0 aliphatic heterocycles. The highest BCUT2D eigenvalue weighted by Gasteiger charge is 2.51. The molecule has 0 saturated heterocycles. The van der Waals surface area contributed by atoms with Crippen molar-refractivity contribution < 1.29 is 27.3 Å². The highest BCUT2D eigenvalue weighted by atomic mass is 19.3. The molecule has 0 saturated carbocycles. The second-order valence-corrected chi connectivity index (χ2v) is 2.50. The van der Waals surface area contributed by atoms with Gasteiger partial charge in [-0.3, -0.25) is 9.59 Å². The quantitative estimate of drug-likeness (QED) is 0.204. The number of furan rings is 1. The molecule has 82 valence electrons. The molecule has 0 unspecified atom stereocenters. The number of nitrogens with two attached hydrogens (primary N) is 1. The molecule has 0 aromatic carbocycles. The van der Waals surface area contributed by atoms with Crippen LogP contribution in [-0.2, 0) is 4.79 Å². The fourth-order valence-electron chi connectivity index (χ4n) is 0.794. The van der Waals surface area contributed by atoms with Crippen LogP contribution in [0.25, 0.3) is 0 Å². The van der Waals surface area contributed by atoms with Gasteiger partial charge in [0.25, 0.3) is 5.78 Å². The minimum absolute atomic E-state index is 0.754. The van der Waals surface area contributed by atoms with E-state index in [9.17, 15) is 22.9 Å². The van der Waals surface area contributed by atoms with Gasteiger partial charge in [-0.2, -0.15) is 8.78 Å². The van der Waals surface area contributed by atoms with E-state index in [-0.39, 0.29) is 0 Å². The second-order valence-electron chi connectivity index (χ2n) is 2.50. The van der Waals surface area contributed by atoms with Crippen molar-refractivity contribution in [1.29, 1.82) is 0 Å². The number of alkyl halides is 2. The van der Waals surface area contributed by atoms with Crippen LogP contribution in [0.5, 0.6) is 0 Å². The fraction of sp³-hybridized carbons (Fsp3) is 0.143. The third-order valence-corrected chi connectivity index (χ3v) is 1.49. The minimum Gasteiger partial charge on any atom is -0.461 e. The van der Waals surface area contributed by atoms with E-state index < -0.39 is 28.6 Å². The third kappa shape index (κ3) is 1.99. The summed E-state index contributed by atoms with van der Waals surface area (Å²) in [5.74, 6) is -5.58. The van der Waals surface area contributed by atoms with Crippen LogP contribution in [-0.4, -0.2) is 22.8 Å². The third-order valence-electron chi connectivity index (χ3n) is 1.49. The van der Waals surface area contributed by atoms with Gasteiger partial charge in [-0.1, -0.05) is 4.48 Å². The van der Waals surface area contributed by atoms with E-state index in [1.165, 1.54) is 6.07 Å². The molecule has 1 amide bonds. The number of rotatable bonds is 3. The molecule has 0 aliphatic rings. The molecule has 0 radical (unpaired) electrons. The number of Topliss-reactive ketones (excluding diaryl/α,β-unsaturated/α-hetero) is 1. The largest absolute Gasteiger partial charge is 0.461 e. The van der Waals surface area contributed by atoms with Crippen LogP contribution in [0.1, 0.15) is 10.6 Å². The summed E-state index contributed by atoms with van der Waals surface area (Å²) in [4.78, 5) is 21.5. The molecule has 0 fully saturated rings. The Morgan fingerprint density at radius 1 is 1.47 bits per heavy atom. The van der Waals surface area contributed by atoms with Gasteiger partial charge >= 0.3 is 11.8 Å². The molecule has 0 spiro atoms. The summed E-state index contributed by atoms with van der Waals surface area (Å²) in [6.45, 7) is 0. The van der Waals surface area contributed by atoms with Gasteiger partial charge in [0, 0.05) is 0 Å². The number of nitrogens with zero attached hydrogens (tertiary/aromatic N) is 1. The topological polar surface area (TPSA) is 76.5 Å². The first-order valence-corrected chi connectivity index (χ1v) is 3.58. The van der Waals surface area contributed by atoms with Crippen molar-refractivity contribution in [2.75, 3.05) is 0 Å². The minimum atomic E-state index is -4.58. The number of hydrogen-bond donors (Lipinski definition) is 1. The Balaban J connectivity index is 2.97. The number of hydrazine groups is 1. The standard InChI is InChI=1S/C7H5F3N2O3/c8-7(9,6(14)12(10)11)5(13)4-2-1-3-15-4/h1-3H,11H2. The number of carbonyl (C=O) groups excluding carboxylic acids is 2. The van der Waals surface area contributed by atoms with E-state index in [1.807, 2.05) is 0 Å². The van der Waals surface area contributed by atoms with Gasteiger partial charge in [-0.15, -0.1) is 5.23 Å². The lowest BCUT2D eigenvalue weighted by Gasteiger charge is -2.13. The Morgan fingerprint density at radius 2 is 2.07 bits per heavy atom. The van der Waals surface area contributed by atoms with Crippen molar-refractivity contribution in [1.82, 2.24) is 5.23 Å². The first-order valence-electron chi connectivity index (χ1n) is 3.58. The van der Waals surface area contributed by atoms with Gasteiger partial charge in [-0.05, 0) is 12.1 Å². The highest BCUT2D eigenvalue weighted by Crippen LogP contribution is 2.22. The molecular formula is C7H5F3N2O3. The van der Waals surface area contributed by atoms with E-state index in [0.29, 0.717) is 0 Å². The summed E-state index contributed by atoms with van der Waals surface area (Å²) < 4.78 is 42.1. The van der Waals surface area contributed by atoms with Crippen molar-refractivity contribution in [2.45, 2.75) is 5.92 Å². The van der Waals surface area contributed by atoms with Crippen molar-refractivity contribution >= 4 is 11.7 Å². The van der Waals surface area contributed by atoms with Crippen LogP contribution in [0, 0.1) is 0 Å². The van der Waals surface area contributed by atoms with Crippen molar-refractivity contribution in [3.63, 3.8) is 0 Å². The summed E-state index contributed by atoms with van der Waals surface area (Å²) in [6.07, 6.45) is 0.962. The van der Waals surface area contributed by atoms with Crippen molar-refractivity contribution in [3.8, 4) is 0 Å². The van der Waals surface area contributed by atoms with Gasteiger partial charge in [0.2, 0.25) is 0 Å². The van der Waals surface area contributed by atoms with Crippen LogP contribution >= 0.6 is 0 Å². The Labute approximate surface area is 81.1 Å². The zero-order valence-corrected chi connectivity index (χ0v) is 7.12. The van der Waals surface area contributed by atoms with Gasteiger partial charge in [0.15, 0.2) is 5.76 Å². The van der Waals surface area contributed by atoms with E-state index in [0.717, 1.165) is 12.3 Å². The average Bonchev–Trinajstić information content (AvgIpc) is 2.67. The summed E-state index contributed by atoms with van der Waals surface area (Å²) in [5, 5.41) is -1.35. The summed E-state index contributed by atoms with van der Waals surface area (Å²) >= 11 is 0. The molecule has 0 aliphatic carbocycles. The number of halogens is 3. The van der Waals surface area contributed by atoms with Gasteiger partial charge in [0.1, 0.15) is 0 Å². The molecule has 1 aromatic rings. The molecular weight excluding hydrogens is 217 g/mol. The van der Waals surface area contributed by atoms with Crippen LogP contribution in [0.4, 0.5) is 13.3 Å². The molecule has 15 heavy (non-hydrogen) atoms. The van der Waals surface area contributed by atoms with Gasteiger partial charge in [0.05, 0.1) is 6.26 Å². The smallest absolute Gasteiger partial charge is 0.393 e. The number of carbonyl (C=O) groups is 2. The molecule has 0 atom stereocenters. The first kappa shape index (κ1) is 11.2. The Kier molecular flexibility index (Phi) is 2.80. The molecule has 8 heteroatoms. The second kappa shape index (κ2) is 3.73. The average molecular weight is 222 g/mol. The lowest BCUT2D eigenvalue weighted by molar-refractivity contribution is -0.167. The van der Waals surface area contributed by atoms with Crippen LogP contribution < -0.4 is 5.84 Å². The van der Waals surface area contributed by atoms with E-state index in [1.54, 1.807) is 0 Å². The number of amides is 1. The molecule has 1 heterocycles. The lowest BCUT2D eigenvalue weighted by atomic mass is 10.1. The van der Waals surface area contributed by atoms with Crippen LogP contribution in [0.3, 0.4) is 0 Å². The van der Waals surface area contributed by atoms with Crippen molar-refractivity contribution in [3.05, 3.63) is 24.2 Å². The predicted molar refractivity (Wildman–Crippen MR) is 40.1 cm³/mol. The summed E-state index contributed by atoms with van der Waals surface area (Å²) in [5.41, 5.74) is 0. The molecule has 1 aromatic heterocycles. The summed E-state index contributed by atoms with van der Waals surface area (Å²) in [6, 6.07) is 2.09. The van der Waals surface area contributed by atoms with E-state index in [4.69, 9.17) is 0 Å². The number of hydrogen-bond acceptors (Lipinski definition) is 4. The van der Waals surface area contributed by atoms with Crippen molar-refractivity contribution in [2.24, 2.45) is 5.84 Å². The lowest BCUT2D eigenvalue weighted by Crippen LogP contribution is -2.47. The van der Waals surface area contributed by atoms with Gasteiger partial charge < -0.3 is 4.42 Å². The monoisotopic (exact) mass is 222 g/mol. The van der Waals surface area contributed by atoms with E-state index in [2.05, 4.69) is 10.3 Å². The predicted octanol–water partition coefficient (Wildman–Crippen LogP) is 0.684. The van der Waals surface area contributed by atoms with E-state index >= 15 is 0 Å². The molecule has 1 rings (SSSR count). The van der Waals surface area contributed by atoms with Gasteiger partial charge in [-0.25, -0.2) is 5.84 Å². The maximum Gasteiger partial charge on any atom is 0.393 e.